The van der Waals surface area contributed by atoms with Crippen molar-refractivity contribution in [2.24, 2.45) is 0 Å². The molecule has 1 saturated heterocycles. The predicted molar refractivity (Wildman–Crippen MR) is 149 cm³/mol. The first-order chi connectivity index (χ1) is 18.5. The summed E-state index contributed by atoms with van der Waals surface area (Å²) in [6, 6.07) is 25.9. The zero-order valence-corrected chi connectivity index (χ0v) is 21.8. The highest BCUT2D eigenvalue weighted by molar-refractivity contribution is 6.10. The highest BCUT2D eigenvalue weighted by Crippen LogP contribution is 2.32. The summed E-state index contributed by atoms with van der Waals surface area (Å²) in [6.45, 7) is 4.29. The Morgan fingerprint density at radius 1 is 0.895 bits per heavy atom. The Kier molecular flexibility index (Phi) is 7.77. The molecule has 38 heavy (non-hydrogen) atoms. The van der Waals surface area contributed by atoms with Crippen LogP contribution in [0.4, 0.5) is 0 Å². The van der Waals surface area contributed by atoms with Crippen molar-refractivity contribution in [1.82, 2.24) is 20.1 Å². The van der Waals surface area contributed by atoms with Gasteiger partial charge in [0.25, 0.3) is 5.91 Å². The minimum Gasteiger partial charge on any atom is -0.467 e. The van der Waals surface area contributed by atoms with E-state index in [0.717, 1.165) is 53.9 Å². The van der Waals surface area contributed by atoms with Crippen LogP contribution in [0.15, 0.2) is 84.9 Å². The van der Waals surface area contributed by atoms with Crippen molar-refractivity contribution in [2.75, 3.05) is 40.3 Å². The van der Waals surface area contributed by atoms with Crippen molar-refractivity contribution < 1.29 is 14.3 Å². The molecule has 1 N–H and O–H groups in total. The number of ether oxygens (including phenoxy) is 1. The van der Waals surface area contributed by atoms with E-state index in [1.807, 2.05) is 84.9 Å². The maximum atomic E-state index is 14.2. The number of pyridine rings is 1. The van der Waals surface area contributed by atoms with Gasteiger partial charge in [0.1, 0.15) is 0 Å². The van der Waals surface area contributed by atoms with Crippen LogP contribution in [0.25, 0.3) is 22.2 Å². The molecular weight excluding hydrogens is 476 g/mol. The Bertz CT molecular complexity index is 1420. The van der Waals surface area contributed by atoms with Crippen LogP contribution in [0.5, 0.6) is 0 Å². The summed E-state index contributed by atoms with van der Waals surface area (Å²) in [7, 11) is 3.46. The van der Waals surface area contributed by atoms with E-state index in [9.17, 15) is 9.59 Å². The first-order valence-electron chi connectivity index (χ1n) is 12.9. The van der Waals surface area contributed by atoms with Gasteiger partial charge in [0, 0.05) is 49.2 Å². The number of rotatable bonds is 7. The van der Waals surface area contributed by atoms with Crippen molar-refractivity contribution in [2.45, 2.75) is 12.6 Å². The van der Waals surface area contributed by atoms with Crippen LogP contribution in [0.1, 0.15) is 27.5 Å². The lowest BCUT2D eigenvalue weighted by Crippen LogP contribution is -2.44. The summed E-state index contributed by atoms with van der Waals surface area (Å²) in [5, 5.41) is 3.74. The van der Waals surface area contributed by atoms with Gasteiger partial charge in [0.2, 0.25) is 0 Å². The molecule has 7 nitrogen and oxygen atoms in total. The number of esters is 1. The quantitative estimate of drug-likeness (QED) is 0.376. The fourth-order valence-corrected chi connectivity index (χ4v) is 4.97. The summed E-state index contributed by atoms with van der Waals surface area (Å²) < 4.78 is 5.07. The number of aromatic nitrogens is 1. The van der Waals surface area contributed by atoms with Crippen LogP contribution >= 0.6 is 0 Å². The number of methoxy groups -OCH3 is 1. The summed E-state index contributed by atoms with van der Waals surface area (Å²) in [5.41, 5.74) is 4.52. The number of hydrogen-bond acceptors (Lipinski definition) is 6. The van der Waals surface area contributed by atoms with E-state index >= 15 is 0 Å². The zero-order valence-electron chi connectivity index (χ0n) is 21.8. The minimum atomic E-state index is -0.933. The maximum absolute atomic E-state index is 14.2. The number of hydrogen-bond donors (Lipinski definition) is 1. The summed E-state index contributed by atoms with van der Waals surface area (Å²) in [5.74, 6) is -0.851. The fraction of sp³-hybridized carbons (Fsp3) is 0.258. The standard InChI is InChI=1S/C31H32N4O3/c1-34-17-19-35(20-18-34)21-25-27(30(36)33-29(31(37)38-2)23-13-7-4-8-14-23)24-15-9-10-16-26(24)32-28(25)22-11-5-3-6-12-22/h3-16,29H,17-21H2,1-2H3,(H,33,36). The third-order valence-corrected chi connectivity index (χ3v) is 7.09. The molecule has 4 aromatic rings. The van der Waals surface area contributed by atoms with E-state index in [0.29, 0.717) is 17.7 Å². The highest BCUT2D eigenvalue weighted by atomic mass is 16.5. The van der Waals surface area contributed by atoms with Crippen molar-refractivity contribution in [3.63, 3.8) is 0 Å². The third-order valence-electron chi connectivity index (χ3n) is 7.09. The van der Waals surface area contributed by atoms with E-state index in [2.05, 4.69) is 22.2 Å². The van der Waals surface area contributed by atoms with E-state index in [1.165, 1.54) is 7.11 Å². The Hall–Kier alpha value is -4.07. The molecule has 194 valence electrons. The molecular formula is C31H32N4O3. The number of likely N-dealkylation sites (N-methyl/N-ethyl adjacent to an activating group) is 1. The number of benzene rings is 3. The molecule has 1 aliphatic heterocycles. The van der Waals surface area contributed by atoms with Crippen LogP contribution in [-0.2, 0) is 16.1 Å². The van der Waals surface area contributed by atoms with E-state index < -0.39 is 12.0 Å². The van der Waals surface area contributed by atoms with Crippen LogP contribution < -0.4 is 5.32 Å². The predicted octanol–water partition coefficient (Wildman–Crippen LogP) is 4.29. The lowest BCUT2D eigenvalue weighted by Gasteiger charge is -2.33. The summed E-state index contributed by atoms with van der Waals surface area (Å²) >= 11 is 0. The van der Waals surface area contributed by atoms with E-state index in [-0.39, 0.29) is 5.91 Å². The summed E-state index contributed by atoms with van der Waals surface area (Å²) in [6.07, 6.45) is 0. The topological polar surface area (TPSA) is 74.8 Å². The van der Waals surface area contributed by atoms with Gasteiger partial charge < -0.3 is 15.0 Å². The van der Waals surface area contributed by atoms with Crippen molar-refractivity contribution in [3.8, 4) is 11.3 Å². The Balaban J connectivity index is 1.65. The van der Waals surface area contributed by atoms with Gasteiger partial charge in [0.05, 0.1) is 23.9 Å². The van der Waals surface area contributed by atoms with Crippen LogP contribution in [0.3, 0.4) is 0 Å². The lowest BCUT2D eigenvalue weighted by molar-refractivity contribution is -0.143. The average molecular weight is 509 g/mol. The van der Waals surface area contributed by atoms with Gasteiger partial charge in [-0.3, -0.25) is 9.69 Å². The maximum Gasteiger partial charge on any atom is 0.333 e. The molecule has 1 atom stereocenters. The molecule has 0 spiro atoms. The number of piperazine rings is 1. The van der Waals surface area contributed by atoms with Gasteiger partial charge in [0.15, 0.2) is 6.04 Å². The second-order valence-electron chi connectivity index (χ2n) is 9.62. The van der Waals surface area contributed by atoms with Crippen LogP contribution in [-0.4, -0.2) is 67.0 Å². The normalized spacial score (nSPS) is 15.2. The van der Waals surface area contributed by atoms with Crippen LogP contribution in [0.2, 0.25) is 0 Å². The number of nitrogens with zero attached hydrogens (tertiary/aromatic N) is 3. The largest absolute Gasteiger partial charge is 0.467 e. The molecule has 1 unspecified atom stereocenters. The molecule has 0 radical (unpaired) electrons. The van der Waals surface area contributed by atoms with Gasteiger partial charge in [-0.15, -0.1) is 0 Å². The SMILES string of the molecule is COC(=O)C(NC(=O)c1c(CN2CCN(C)CC2)c(-c2ccccc2)nc2ccccc12)c1ccccc1. The Labute approximate surface area is 223 Å². The molecule has 1 fully saturated rings. The number of para-hydroxylation sites is 1. The third kappa shape index (κ3) is 5.44. The molecule has 1 aliphatic rings. The van der Waals surface area contributed by atoms with Gasteiger partial charge in [-0.1, -0.05) is 78.9 Å². The second kappa shape index (κ2) is 11.5. The van der Waals surface area contributed by atoms with Gasteiger partial charge >= 0.3 is 5.97 Å². The number of nitrogens with one attached hydrogen (secondary N) is 1. The second-order valence-corrected chi connectivity index (χ2v) is 9.62. The van der Waals surface area contributed by atoms with Gasteiger partial charge in [-0.2, -0.15) is 0 Å². The average Bonchev–Trinajstić information content (AvgIpc) is 2.97. The smallest absolute Gasteiger partial charge is 0.333 e. The van der Waals surface area contributed by atoms with Gasteiger partial charge in [-0.25, -0.2) is 9.78 Å². The first kappa shape index (κ1) is 25.6. The summed E-state index contributed by atoms with van der Waals surface area (Å²) in [4.78, 5) is 36.7. The molecule has 0 bridgehead atoms. The molecule has 1 aromatic heterocycles. The minimum absolute atomic E-state index is 0.329. The monoisotopic (exact) mass is 508 g/mol. The molecule has 1 amide bonds. The molecule has 7 heteroatoms. The van der Waals surface area contributed by atoms with Crippen molar-refractivity contribution in [3.05, 3.63) is 102 Å². The Morgan fingerprint density at radius 3 is 2.21 bits per heavy atom. The first-order valence-corrected chi connectivity index (χ1v) is 12.9. The Morgan fingerprint density at radius 2 is 1.53 bits per heavy atom. The number of carbonyl (C=O) groups excluding carboxylic acids is 2. The highest BCUT2D eigenvalue weighted by Gasteiger charge is 2.29. The molecule has 0 aliphatic carbocycles. The van der Waals surface area contributed by atoms with E-state index in [4.69, 9.17) is 9.72 Å². The number of fused-ring (bicyclic) bond motifs is 1. The number of carbonyl (C=O) groups is 2. The lowest BCUT2D eigenvalue weighted by atomic mass is 9.94. The molecule has 5 rings (SSSR count). The van der Waals surface area contributed by atoms with E-state index in [1.54, 1.807) is 0 Å². The molecule has 2 heterocycles. The van der Waals surface area contributed by atoms with Crippen molar-refractivity contribution in [1.29, 1.82) is 0 Å². The molecule has 3 aromatic carbocycles. The van der Waals surface area contributed by atoms with Gasteiger partial charge in [-0.05, 0) is 18.7 Å². The fourth-order valence-electron chi connectivity index (χ4n) is 4.97. The zero-order chi connectivity index (χ0) is 26.5. The number of amides is 1. The van der Waals surface area contributed by atoms with Crippen molar-refractivity contribution >= 4 is 22.8 Å². The van der Waals surface area contributed by atoms with Crippen LogP contribution in [0, 0.1) is 0 Å². The molecule has 0 saturated carbocycles.